The second-order valence-corrected chi connectivity index (χ2v) is 6.46. The summed E-state index contributed by atoms with van der Waals surface area (Å²) in [5.74, 6) is -0.516. The first-order chi connectivity index (χ1) is 11.4. The van der Waals surface area contributed by atoms with Crippen molar-refractivity contribution in [3.8, 4) is 5.75 Å². The van der Waals surface area contributed by atoms with E-state index in [-0.39, 0.29) is 29.2 Å². The molecule has 1 aliphatic carbocycles. The lowest BCUT2D eigenvalue weighted by atomic mass is 9.88. The number of halogens is 3. The van der Waals surface area contributed by atoms with E-state index < -0.39 is 6.36 Å². The molecule has 0 bridgehead atoms. The van der Waals surface area contributed by atoms with Crippen molar-refractivity contribution >= 4 is 5.91 Å². The van der Waals surface area contributed by atoms with Gasteiger partial charge in [0.25, 0.3) is 5.91 Å². The van der Waals surface area contributed by atoms with Crippen LogP contribution in [0.1, 0.15) is 53.9 Å². The highest BCUT2D eigenvalue weighted by molar-refractivity contribution is 5.95. The molecule has 4 nitrogen and oxygen atoms in total. The molecule has 2 fully saturated rings. The van der Waals surface area contributed by atoms with Crippen molar-refractivity contribution in [3.05, 3.63) is 29.3 Å². The number of alkyl halides is 3. The molecule has 1 heterocycles. The number of rotatable bonds is 4. The van der Waals surface area contributed by atoms with Crippen LogP contribution in [0.2, 0.25) is 0 Å². The van der Waals surface area contributed by atoms with Gasteiger partial charge in [0.15, 0.2) is 0 Å². The maximum Gasteiger partial charge on any atom is 0.573 e. The molecule has 1 amide bonds. The van der Waals surface area contributed by atoms with Crippen molar-refractivity contribution in [1.82, 2.24) is 10.6 Å². The fourth-order valence-corrected chi connectivity index (χ4v) is 3.16. The number of amides is 1. The number of hydrogen-bond acceptors (Lipinski definition) is 3. The Kier molecular flexibility index (Phi) is 4.99. The largest absolute Gasteiger partial charge is 0.573 e. The Morgan fingerprint density at radius 1 is 1.12 bits per heavy atom. The molecule has 0 spiro atoms. The molecule has 1 saturated heterocycles. The minimum atomic E-state index is -4.77. The molecular weight excluding hydrogens is 321 g/mol. The number of piperidine rings is 1. The second-order valence-electron chi connectivity index (χ2n) is 6.46. The van der Waals surface area contributed by atoms with E-state index in [1.165, 1.54) is 12.1 Å². The van der Waals surface area contributed by atoms with Gasteiger partial charge in [-0.3, -0.25) is 4.79 Å². The van der Waals surface area contributed by atoms with Gasteiger partial charge in [0, 0.05) is 11.6 Å². The maximum atomic E-state index is 12.6. The van der Waals surface area contributed by atoms with Crippen molar-refractivity contribution < 1.29 is 22.7 Å². The van der Waals surface area contributed by atoms with Gasteiger partial charge >= 0.3 is 6.36 Å². The molecule has 1 aliphatic heterocycles. The van der Waals surface area contributed by atoms with Crippen LogP contribution in [0.3, 0.4) is 0 Å². The van der Waals surface area contributed by atoms with Crippen LogP contribution in [0.5, 0.6) is 5.75 Å². The van der Waals surface area contributed by atoms with Gasteiger partial charge in [-0.25, -0.2) is 0 Å². The molecular formula is C17H21F3N2O2. The van der Waals surface area contributed by atoms with E-state index in [4.69, 9.17) is 0 Å². The van der Waals surface area contributed by atoms with Crippen molar-refractivity contribution in [3.63, 3.8) is 0 Å². The molecule has 2 aliphatic rings. The SMILES string of the molecule is O=C(NC1CCC1)c1cc(OC(F)(F)F)cc(C2CCNCC2)c1. The van der Waals surface area contributed by atoms with E-state index in [0.29, 0.717) is 0 Å². The standard InChI is InChI=1S/C17H21F3N2O2/c18-17(19,20)24-15-9-12(11-4-6-21-7-5-11)8-13(10-15)16(23)22-14-2-1-3-14/h8-11,14,21H,1-7H2,(H,22,23). The molecule has 7 heteroatoms. The lowest BCUT2D eigenvalue weighted by molar-refractivity contribution is -0.274. The van der Waals surface area contributed by atoms with Gasteiger partial charge < -0.3 is 15.4 Å². The minimum Gasteiger partial charge on any atom is -0.406 e. The molecule has 132 valence electrons. The van der Waals surface area contributed by atoms with E-state index in [0.717, 1.165) is 50.8 Å². The summed E-state index contributed by atoms with van der Waals surface area (Å²) in [6.07, 6.45) is -0.188. The van der Waals surface area contributed by atoms with Crippen LogP contribution in [-0.2, 0) is 0 Å². The monoisotopic (exact) mass is 342 g/mol. The third kappa shape index (κ3) is 4.41. The highest BCUT2D eigenvalue weighted by atomic mass is 19.4. The highest BCUT2D eigenvalue weighted by Crippen LogP contribution is 2.32. The van der Waals surface area contributed by atoms with Gasteiger partial charge in [-0.1, -0.05) is 0 Å². The lowest BCUT2D eigenvalue weighted by Crippen LogP contribution is -2.39. The molecule has 3 rings (SSSR count). The fourth-order valence-electron chi connectivity index (χ4n) is 3.16. The Balaban J connectivity index is 1.84. The Labute approximate surface area is 138 Å². The van der Waals surface area contributed by atoms with Crippen LogP contribution >= 0.6 is 0 Å². The minimum absolute atomic E-state index is 0.132. The molecule has 1 aromatic rings. The first kappa shape index (κ1) is 17.1. The Bertz CT molecular complexity index is 594. The third-order valence-corrected chi connectivity index (χ3v) is 4.68. The molecule has 24 heavy (non-hydrogen) atoms. The van der Waals surface area contributed by atoms with E-state index in [9.17, 15) is 18.0 Å². The summed E-state index contributed by atoms with van der Waals surface area (Å²) in [4.78, 5) is 12.3. The smallest absolute Gasteiger partial charge is 0.406 e. The first-order valence-electron chi connectivity index (χ1n) is 8.33. The van der Waals surface area contributed by atoms with Gasteiger partial charge in [-0.15, -0.1) is 13.2 Å². The molecule has 0 unspecified atom stereocenters. The van der Waals surface area contributed by atoms with E-state index >= 15 is 0 Å². The summed E-state index contributed by atoms with van der Waals surface area (Å²) in [5, 5.41) is 6.09. The third-order valence-electron chi connectivity index (χ3n) is 4.68. The predicted octanol–water partition coefficient (Wildman–Crippen LogP) is 3.33. The summed E-state index contributed by atoms with van der Waals surface area (Å²) in [5.41, 5.74) is 0.967. The van der Waals surface area contributed by atoms with Crippen LogP contribution in [0, 0.1) is 0 Å². The summed E-state index contributed by atoms with van der Waals surface area (Å²) in [6, 6.07) is 4.41. The Hall–Kier alpha value is -1.76. The van der Waals surface area contributed by atoms with Crippen molar-refractivity contribution in [1.29, 1.82) is 0 Å². The zero-order chi connectivity index (χ0) is 17.2. The van der Waals surface area contributed by atoms with E-state index in [1.54, 1.807) is 6.07 Å². The Morgan fingerprint density at radius 3 is 2.42 bits per heavy atom. The quantitative estimate of drug-likeness (QED) is 0.882. The van der Waals surface area contributed by atoms with Crippen LogP contribution in [0.25, 0.3) is 0 Å². The van der Waals surface area contributed by atoms with Gasteiger partial charge in [-0.2, -0.15) is 0 Å². The summed E-state index contributed by atoms with van der Waals surface area (Å²) >= 11 is 0. The van der Waals surface area contributed by atoms with Crippen LogP contribution in [0.4, 0.5) is 13.2 Å². The fraction of sp³-hybridized carbons (Fsp3) is 0.588. The van der Waals surface area contributed by atoms with Crippen LogP contribution < -0.4 is 15.4 Å². The molecule has 0 radical (unpaired) electrons. The lowest BCUT2D eigenvalue weighted by Gasteiger charge is -2.27. The molecule has 1 saturated carbocycles. The van der Waals surface area contributed by atoms with Crippen molar-refractivity contribution in [2.24, 2.45) is 0 Å². The second kappa shape index (κ2) is 7.01. The molecule has 0 atom stereocenters. The zero-order valence-electron chi connectivity index (χ0n) is 13.3. The Morgan fingerprint density at radius 2 is 1.83 bits per heavy atom. The predicted molar refractivity (Wildman–Crippen MR) is 83.1 cm³/mol. The number of carbonyl (C=O) groups excluding carboxylic acids is 1. The van der Waals surface area contributed by atoms with Gasteiger partial charge in [0.1, 0.15) is 5.75 Å². The summed E-state index contributed by atoms with van der Waals surface area (Å²) < 4.78 is 41.8. The van der Waals surface area contributed by atoms with E-state index in [2.05, 4.69) is 15.4 Å². The number of ether oxygens (including phenoxy) is 1. The van der Waals surface area contributed by atoms with Crippen molar-refractivity contribution in [2.45, 2.75) is 50.4 Å². The maximum absolute atomic E-state index is 12.6. The topological polar surface area (TPSA) is 50.4 Å². The van der Waals surface area contributed by atoms with Gasteiger partial charge in [0.2, 0.25) is 0 Å². The molecule has 2 N–H and O–H groups in total. The number of carbonyl (C=O) groups is 1. The number of nitrogens with one attached hydrogen (secondary N) is 2. The van der Waals surface area contributed by atoms with Gasteiger partial charge in [-0.05, 0) is 74.9 Å². The average Bonchev–Trinajstić information content (AvgIpc) is 2.49. The zero-order valence-corrected chi connectivity index (χ0v) is 13.3. The highest BCUT2D eigenvalue weighted by Gasteiger charge is 2.32. The van der Waals surface area contributed by atoms with Gasteiger partial charge in [0.05, 0.1) is 0 Å². The van der Waals surface area contributed by atoms with Crippen LogP contribution in [0.15, 0.2) is 18.2 Å². The normalized spacial score (nSPS) is 19.6. The number of hydrogen-bond donors (Lipinski definition) is 2. The average molecular weight is 342 g/mol. The molecule has 1 aromatic carbocycles. The van der Waals surface area contributed by atoms with Crippen LogP contribution in [-0.4, -0.2) is 31.4 Å². The summed E-state index contributed by atoms with van der Waals surface area (Å²) in [7, 11) is 0. The number of benzene rings is 1. The van der Waals surface area contributed by atoms with E-state index in [1.807, 2.05) is 0 Å². The summed E-state index contributed by atoms with van der Waals surface area (Å²) in [6.45, 7) is 1.64. The molecule has 0 aromatic heterocycles. The first-order valence-corrected chi connectivity index (χ1v) is 8.33. The van der Waals surface area contributed by atoms with Crippen molar-refractivity contribution in [2.75, 3.05) is 13.1 Å².